The Hall–Kier alpha value is -0.610. The maximum Gasteiger partial charge on any atom is 0.310 e. The molecule has 0 radical (unpaired) electrons. The van der Waals surface area contributed by atoms with Crippen molar-refractivity contribution in [3.63, 3.8) is 0 Å². The van der Waals surface area contributed by atoms with Crippen LogP contribution in [0.3, 0.4) is 0 Å². The Morgan fingerprint density at radius 3 is 2.45 bits per heavy atom. The van der Waals surface area contributed by atoms with Gasteiger partial charge in [0.1, 0.15) is 0 Å². The van der Waals surface area contributed by atoms with Crippen LogP contribution >= 0.6 is 0 Å². The molecule has 0 heterocycles. The zero-order valence-electron chi connectivity index (χ0n) is 7.09. The van der Waals surface area contributed by atoms with Crippen LogP contribution < -0.4 is 0 Å². The maximum atomic E-state index is 10.8. The summed E-state index contributed by atoms with van der Waals surface area (Å²) in [6.45, 7) is 3.06. The third-order valence-corrected chi connectivity index (χ3v) is 1.17. The van der Waals surface area contributed by atoms with E-state index in [1.54, 1.807) is 13.8 Å². The van der Waals surface area contributed by atoms with Gasteiger partial charge >= 0.3 is 5.97 Å². The van der Waals surface area contributed by atoms with Gasteiger partial charge in [-0.05, 0) is 0 Å². The molecule has 0 aromatic carbocycles. The van der Waals surface area contributed by atoms with Gasteiger partial charge in [0.2, 0.25) is 5.79 Å². The fourth-order valence-corrected chi connectivity index (χ4v) is 0.458. The van der Waals surface area contributed by atoms with Crippen LogP contribution in [0.1, 0.15) is 20.3 Å². The number of aliphatic hydroxyl groups is 1. The number of hydrogen-bond donors (Lipinski definition) is 1. The van der Waals surface area contributed by atoms with Crippen LogP contribution in [-0.2, 0) is 14.3 Å². The summed E-state index contributed by atoms with van der Waals surface area (Å²) in [5.74, 6) is -1.36. The molecule has 0 saturated carbocycles. The largest absolute Gasteiger partial charge is 0.434 e. The van der Waals surface area contributed by atoms with Crippen LogP contribution in [0, 0.1) is 0 Å². The van der Waals surface area contributed by atoms with Gasteiger partial charge in [0.25, 0.3) is 0 Å². The van der Waals surface area contributed by atoms with E-state index < -0.39 is 11.8 Å². The number of rotatable bonds is 4. The Bertz CT molecular complexity index is 130. The highest BCUT2D eigenvalue weighted by molar-refractivity contribution is 5.69. The highest BCUT2D eigenvalue weighted by Crippen LogP contribution is 2.09. The lowest BCUT2D eigenvalue weighted by atomic mass is 10.4. The van der Waals surface area contributed by atoms with Gasteiger partial charge in [0.15, 0.2) is 0 Å². The summed E-state index contributed by atoms with van der Waals surface area (Å²) in [7, 11) is 1.45. The number of hydrogen-bond acceptors (Lipinski definition) is 4. The molecular weight excluding hydrogens is 148 g/mol. The average molecular weight is 162 g/mol. The van der Waals surface area contributed by atoms with Gasteiger partial charge in [0.05, 0.1) is 13.0 Å². The van der Waals surface area contributed by atoms with Crippen LogP contribution in [0.5, 0.6) is 0 Å². The molecule has 0 atom stereocenters. The van der Waals surface area contributed by atoms with Gasteiger partial charge in [-0.3, -0.25) is 4.79 Å². The van der Waals surface area contributed by atoms with Crippen molar-refractivity contribution in [3.8, 4) is 0 Å². The molecule has 66 valence electrons. The number of esters is 1. The first-order valence-electron chi connectivity index (χ1n) is 3.39. The van der Waals surface area contributed by atoms with Gasteiger partial charge in [0, 0.05) is 21.0 Å². The third-order valence-electron chi connectivity index (χ3n) is 1.17. The highest BCUT2D eigenvalue weighted by atomic mass is 16.7. The van der Waals surface area contributed by atoms with E-state index >= 15 is 0 Å². The Kier molecular flexibility index (Phi) is 4.07. The molecule has 0 aliphatic carbocycles. The quantitative estimate of drug-likeness (QED) is 0.477. The SMILES string of the molecule is COC(C)(C)OC(=O)CCO. The van der Waals surface area contributed by atoms with E-state index in [0.717, 1.165) is 0 Å². The lowest BCUT2D eigenvalue weighted by molar-refractivity contribution is -0.206. The Balaban J connectivity index is 3.74. The lowest BCUT2D eigenvalue weighted by Crippen LogP contribution is -2.30. The number of carbonyl (C=O) groups excluding carboxylic acids is 1. The molecular formula is C7H14O4. The number of carbonyl (C=O) groups is 1. The van der Waals surface area contributed by atoms with Gasteiger partial charge in [-0.2, -0.15) is 0 Å². The van der Waals surface area contributed by atoms with E-state index in [4.69, 9.17) is 14.6 Å². The second kappa shape index (κ2) is 4.31. The minimum atomic E-state index is -0.897. The molecule has 4 nitrogen and oxygen atoms in total. The van der Waals surface area contributed by atoms with Gasteiger partial charge < -0.3 is 14.6 Å². The van der Waals surface area contributed by atoms with E-state index in [2.05, 4.69) is 0 Å². The summed E-state index contributed by atoms with van der Waals surface area (Å²) in [6.07, 6.45) is 0.00674. The predicted molar refractivity (Wildman–Crippen MR) is 38.9 cm³/mol. The normalized spacial score (nSPS) is 11.3. The van der Waals surface area contributed by atoms with Crippen LogP contribution in [0.25, 0.3) is 0 Å². The molecule has 0 amide bonds. The number of methoxy groups -OCH3 is 1. The molecule has 0 rings (SSSR count). The predicted octanol–water partition coefficient (Wildman–Crippen LogP) is 0.295. The Morgan fingerprint density at radius 1 is 1.55 bits per heavy atom. The van der Waals surface area contributed by atoms with Gasteiger partial charge in [-0.15, -0.1) is 0 Å². The van der Waals surface area contributed by atoms with E-state index in [-0.39, 0.29) is 13.0 Å². The van der Waals surface area contributed by atoms with Crippen molar-refractivity contribution in [2.75, 3.05) is 13.7 Å². The smallest absolute Gasteiger partial charge is 0.310 e. The summed E-state index contributed by atoms with van der Waals surface area (Å²) in [5.41, 5.74) is 0. The summed E-state index contributed by atoms with van der Waals surface area (Å²) >= 11 is 0. The van der Waals surface area contributed by atoms with Crippen LogP contribution in [0.2, 0.25) is 0 Å². The second-order valence-electron chi connectivity index (χ2n) is 2.55. The summed E-state index contributed by atoms with van der Waals surface area (Å²) < 4.78 is 9.64. The molecule has 0 fully saturated rings. The molecule has 0 saturated heterocycles. The zero-order chi connectivity index (χ0) is 8.91. The average Bonchev–Trinajstić information content (AvgIpc) is 1.87. The molecule has 4 heteroatoms. The van der Waals surface area contributed by atoms with Crippen molar-refractivity contribution in [3.05, 3.63) is 0 Å². The summed E-state index contributed by atoms with van der Waals surface area (Å²) in [5, 5.41) is 8.36. The topological polar surface area (TPSA) is 55.8 Å². The molecule has 0 aromatic rings. The van der Waals surface area contributed by atoms with Gasteiger partial charge in [-0.25, -0.2) is 0 Å². The molecule has 11 heavy (non-hydrogen) atoms. The van der Waals surface area contributed by atoms with Gasteiger partial charge in [-0.1, -0.05) is 0 Å². The molecule has 1 N–H and O–H groups in total. The highest BCUT2D eigenvalue weighted by Gasteiger charge is 2.20. The van der Waals surface area contributed by atoms with E-state index in [0.29, 0.717) is 0 Å². The Morgan fingerprint density at radius 2 is 2.09 bits per heavy atom. The first-order chi connectivity index (χ1) is 5.02. The zero-order valence-corrected chi connectivity index (χ0v) is 7.09. The molecule has 0 aliphatic heterocycles. The van der Waals surface area contributed by atoms with E-state index in [1.165, 1.54) is 7.11 Å². The minimum absolute atomic E-state index is 0.00674. The van der Waals surface area contributed by atoms with Crippen molar-refractivity contribution in [2.45, 2.75) is 26.1 Å². The monoisotopic (exact) mass is 162 g/mol. The van der Waals surface area contributed by atoms with E-state index in [9.17, 15) is 4.79 Å². The van der Waals surface area contributed by atoms with Crippen molar-refractivity contribution in [1.29, 1.82) is 0 Å². The van der Waals surface area contributed by atoms with Crippen molar-refractivity contribution < 1.29 is 19.4 Å². The lowest BCUT2D eigenvalue weighted by Gasteiger charge is -2.22. The van der Waals surface area contributed by atoms with Crippen LogP contribution in [0.15, 0.2) is 0 Å². The maximum absolute atomic E-state index is 10.8. The fourth-order valence-electron chi connectivity index (χ4n) is 0.458. The minimum Gasteiger partial charge on any atom is -0.434 e. The first kappa shape index (κ1) is 10.4. The summed E-state index contributed by atoms with van der Waals surface area (Å²) in [4.78, 5) is 10.8. The van der Waals surface area contributed by atoms with Crippen LogP contribution in [0.4, 0.5) is 0 Å². The molecule has 0 bridgehead atoms. The number of aliphatic hydroxyl groups excluding tert-OH is 1. The molecule has 0 unspecified atom stereocenters. The van der Waals surface area contributed by atoms with E-state index in [1.807, 2.05) is 0 Å². The fraction of sp³-hybridized carbons (Fsp3) is 0.857. The molecule has 0 spiro atoms. The van der Waals surface area contributed by atoms with Crippen molar-refractivity contribution >= 4 is 5.97 Å². The first-order valence-corrected chi connectivity index (χ1v) is 3.39. The molecule has 0 aromatic heterocycles. The Labute approximate surface area is 66.1 Å². The van der Waals surface area contributed by atoms with Crippen molar-refractivity contribution in [2.24, 2.45) is 0 Å². The van der Waals surface area contributed by atoms with Crippen molar-refractivity contribution in [1.82, 2.24) is 0 Å². The standard InChI is InChI=1S/C7H14O4/c1-7(2,10-3)11-6(9)4-5-8/h8H,4-5H2,1-3H3. The van der Waals surface area contributed by atoms with Crippen LogP contribution in [-0.4, -0.2) is 30.6 Å². The number of ether oxygens (including phenoxy) is 2. The third kappa shape index (κ3) is 4.75. The molecule has 0 aliphatic rings. The summed E-state index contributed by atoms with van der Waals surface area (Å²) in [6, 6.07) is 0. The second-order valence-corrected chi connectivity index (χ2v) is 2.55.